The zero-order valence-corrected chi connectivity index (χ0v) is 9.49. The molecular weight excluding hydrogens is 214 g/mol. The van der Waals surface area contributed by atoms with E-state index in [4.69, 9.17) is 16.3 Å². The Morgan fingerprint density at radius 3 is 2.54 bits per heavy atom. The molecule has 0 aliphatic heterocycles. The number of nitrogens with one attached hydrogen (secondary N) is 1. The number of rotatable bonds is 7. The highest BCUT2D eigenvalue weighted by Crippen LogP contribution is 1.89. The predicted octanol–water partition coefficient (Wildman–Crippen LogP) is -0.126. The summed E-state index contributed by atoms with van der Waals surface area (Å²) < 4.78 is 26.4. The van der Waals surface area contributed by atoms with Crippen LogP contribution in [-0.2, 0) is 14.6 Å². The van der Waals surface area contributed by atoms with E-state index in [2.05, 4.69) is 5.32 Å². The van der Waals surface area contributed by atoms with Gasteiger partial charge in [0.1, 0.15) is 9.84 Å². The van der Waals surface area contributed by atoms with Gasteiger partial charge in [-0.3, -0.25) is 0 Å². The lowest BCUT2D eigenvalue weighted by molar-refractivity contribution is 0.174. The van der Waals surface area contributed by atoms with Crippen LogP contribution < -0.4 is 5.32 Å². The zero-order chi connectivity index (χ0) is 10.3. The lowest BCUT2D eigenvalue weighted by Crippen LogP contribution is -2.37. The molecule has 0 saturated carbocycles. The Balaban J connectivity index is 3.61. The van der Waals surface area contributed by atoms with E-state index >= 15 is 0 Å². The molecule has 0 spiro atoms. The molecule has 0 aromatic carbocycles. The minimum absolute atomic E-state index is 0.0217. The van der Waals surface area contributed by atoms with Gasteiger partial charge in [-0.15, -0.1) is 11.6 Å². The highest BCUT2D eigenvalue weighted by Gasteiger charge is 2.07. The van der Waals surface area contributed by atoms with E-state index in [1.807, 2.05) is 0 Å². The number of hydrogen-bond donors (Lipinski definition) is 1. The second-order valence-corrected chi connectivity index (χ2v) is 5.46. The van der Waals surface area contributed by atoms with Crippen LogP contribution in [0.5, 0.6) is 0 Å². The van der Waals surface area contributed by atoms with Gasteiger partial charge in [0.05, 0.1) is 12.4 Å². The summed E-state index contributed by atoms with van der Waals surface area (Å²) in [6, 6.07) is 0.0217. The van der Waals surface area contributed by atoms with Crippen molar-refractivity contribution in [3.63, 3.8) is 0 Å². The molecule has 0 aliphatic carbocycles. The molecule has 0 heterocycles. The van der Waals surface area contributed by atoms with Crippen LogP contribution in [-0.4, -0.2) is 52.6 Å². The van der Waals surface area contributed by atoms with E-state index in [9.17, 15) is 8.42 Å². The SMILES string of the molecule is COCC(CCl)NCCS(C)(=O)=O. The van der Waals surface area contributed by atoms with Crippen LogP contribution in [0.1, 0.15) is 0 Å². The predicted molar refractivity (Wildman–Crippen MR) is 54.1 cm³/mol. The van der Waals surface area contributed by atoms with Gasteiger partial charge >= 0.3 is 0 Å². The fourth-order valence-electron chi connectivity index (χ4n) is 0.808. The van der Waals surface area contributed by atoms with E-state index in [0.29, 0.717) is 19.0 Å². The normalized spacial score (nSPS) is 14.4. The highest BCUT2D eigenvalue weighted by atomic mass is 35.5. The molecule has 6 heteroatoms. The Morgan fingerprint density at radius 2 is 2.15 bits per heavy atom. The third-order valence-electron chi connectivity index (χ3n) is 1.46. The van der Waals surface area contributed by atoms with Gasteiger partial charge in [0, 0.05) is 31.8 Å². The molecule has 1 N–H and O–H groups in total. The summed E-state index contributed by atoms with van der Waals surface area (Å²) in [5.41, 5.74) is 0. The van der Waals surface area contributed by atoms with Gasteiger partial charge in [-0.2, -0.15) is 0 Å². The van der Waals surface area contributed by atoms with Crippen molar-refractivity contribution in [2.75, 3.05) is 38.2 Å². The first-order chi connectivity index (χ1) is 5.99. The lowest BCUT2D eigenvalue weighted by Gasteiger charge is -2.13. The van der Waals surface area contributed by atoms with Crippen molar-refractivity contribution in [2.24, 2.45) is 0 Å². The molecule has 4 nitrogen and oxygen atoms in total. The first kappa shape index (κ1) is 13.2. The summed E-state index contributed by atoms with van der Waals surface area (Å²) in [6.45, 7) is 0.910. The quantitative estimate of drug-likeness (QED) is 0.619. The fraction of sp³-hybridized carbons (Fsp3) is 1.00. The number of alkyl halides is 1. The van der Waals surface area contributed by atoms with E-state index in [-0.39, 0.29) is 11.8 Å². The average molecular weight is 230 g/mol. The fourth-order valence-corrected chi connectivity index (χ4v) is 1.49. The van der Waals surface area contributed by atoms with Crippen molar-refractivity contribution in [1.29, 1.82) is 0 Å². The van der Waals surface area contributed by atoms with Crippen LogP contribution in [0, 0.1) is 0 Å². The minimum Gasteiger partial charge on any atom is -0.383 e. The van der Waals surface area contributed by atoms with Gasteiger partial charge in [-0.25, -0.2) is 8.42 Å². The molecular formula is C7H16ClNO3S. The van der Waals surface area contributed by atoms with Crippen LogP contribution in [0.2, 0.25) is 0 Å². The van der Waals surface area contributed by atoms with Crippen molar-refractivity contribution < 1.29 is 13.2 Å². The Bertz CT molecular complexity index is 218. The standard InChI is InChI=1S/C7H16ClNO3S/c1-12-6-7(5-8)9-3-4-13(2,10)11/h7,9H,3-6H2,1-2H3. The van der Waals surface area contributed by atoms with E-state index < -0.39 is 9.84 Å². The van der Waals surface area contributed by atoms with Crippen molar-refractivity contribution in [3.05, 3.63) is 0 Å². The Labute approximate surface area is 84.5 Å². The number of sulfone groups is 1. The monoisotopic (exact) mass is 229 g/mol. The zero-order valence-electron chi connectivity index (χ0n) is 7.92. The Hall–Kier alpha value is 0.160. The molecule has 1 unspecified atom stereocenters. The van der Waals surface area contributed by atoms with Crippen LogP contribution in [0.4, 0.5) is 0 Å². The van der Waals surface area contributed by atoms with Gasteiger partial charge in [0.2, 0.25) is 0 Å². The molecule has 0 rings (SSSR count). The van der Waals surface area contributed by atoms with Gasteiger partial charge in [0.25, 0.3) is 0 Å². The smallest absolute Gasteiger partial charge is 0.148 e. The van der Waals surface area contributed by atoms with Crippen LogP contribution in [0.25, 0.3) is 0 Å². The number of hydrogen-bond acceptors (Lipinski definition) is 4. The molecule has 0 aromatic rings. The molecule has 0 amide bonds. The Kier molecular flexibility index (Phi) is 6.67. The van der Waals surface area contributed by atoms with E-state index in [0.717, 1.165) is 0 Å². The summed E-state index contributed by atoms with van der Waals surface area (Å²) in [6.07, 6.45) is 1.21. The first-order valence-corrected chi connectivity index (χ1v) is 6.55. The van der Waals surface area contributed by atoms with Crippen LogP contribution in [0.3, 0.4) is 0 Å². The minimum atomic E-state index is -2.89. The number of methoxy groups -OCH3 is 1. The first-order valence-electron chi connectivity index (χ1n) is 3.95. The Morgan fingerprint density at radius 1 is 1.54 bits per heavy atom. The largest absolute Gasteiger partial charge is 0.383 e. The summed E-state index contributed by atoms with van der Waals surface area (Å²) in [7, 11) is -1.31. The summed E-state index contributed by atoms with van der Waals surface area (Å²) in [4.78, 5) is 0. The van der Waals surface area contributed by atoms with Gasteiger partial charge in [-0.1, -0.05) is 0 Å². The summed E-state index contributed by atoms with van der Waals surface area (Å²) in [5.74, 6) is 0.543. The second kappa shape index (κ2) is 6.59. The molecule has 0 bridgehead atoms. The van der Waals surface area contributed by atoms with Crippen molar-refractivity contribution in [3.8, 4) is 0 Å². The maximum atomic E-state index is 10.8. The average Bonchev–Trinajstić information content (AvgIpc) is 2.01. The lowest BCUT2D eigenvalue weighted by atomic mass is 10.3. The molecule has 0 radical (unpaired) electrons. The maximum Gasteiger partial charge on any atom is 0.148 e. The van der Waals surface area contributed by atoms with Gasteiger partial charge in [-0.05, 0) is 0 Å². The van der Waals surface area contributed by atoms with Gasteiger partial charge in [0.15, 0.2) is 0 Å². The molecule has 0 aromatic heterocycles. The van der Waals surface area contributed by atoms with Crippen LogP contribution >= 0.6 is 11.6 Å². The van der Waals surface area contributed by atoms with Crippen LogP contribution in [0.15, 0.2) is 0 Å². The highest BCUT2D eigenvalue weighted by molar-refractivity contribution is 7.90. The molecule has 0 fully saturated rings. The summed E-state index contributed by atoms with van der Waals surface area (Å²) in [5, 5.41) is 2.99. The molecule has 0 aliphatic rings. The third-order valence-corrected chi connectivity index (χ3v) is 2.78. The topological polar surface area (TPSA) is 55.4 Å². The van der Waals surface area contributed by atoms with Crippen molar-refractivity contribution in [1.82, 2.24) is 5.32 Å². The third kappa shape index (κ3) is 8.49. The maximum absolute atomic E-state index is 10.8. The van der Waals surface area contributed by atoms with Crippen molar-refractivity contribution in [2.45, 2.75) is 6.04 Å². The molecule has 0 saturated heterocycles. The summed E-state index contributed by atoms with van der Waals surface area (Å²) >= 11 is 5.60. The molecule has 13 heavy (non-hydrogen) atoms. The number of ether oxygens (including phenoxy) is 1. The molecule has 80 valence electrons. The van der Waals surface area contributed by atoms with Crippen molar-refractivity contribution >= 4 is 21.4 Å². The number of halogens is 1. The second-order valence-electron chi connectivity index (χ2n) is 2.89. The van der Waals surface area contributed by atoms with Gasteiger partial charge < -0.3 is 10.1 Å². The van der Waals surface area contributed by atoms with E-state index in [1.165, 1.54) is 6.26 Å². The molecule has 1 atom stereocenters. The van der Waals surface area contributed by atoms with E-state index in [1.54, 1.807) is 7.11 Å².